The molecule has 0 aliphatic rings. The molecule has 0 saturated heterocycles. The quantitative estimate of drug-likeness (QED) is 0.786. The van der Waals surface area contributed by atoms with Gasteiger partial charge in [0.05, 0.1) is 11.6 Å². The van der Waals surface area contributed by atoms with E-state index >= 15 is 0 Å². The molecular weight excluding hydrogens is 260 g/mol. The maximum atomic E-state index is 5.78. The molecule has 3 heteroatoms. The second-order valence-electron chi connectivity index (χ2n) is 5.44. The van der Waals surface area contributed by atoms with E-state index in [0.717, 1.165) is 28.0 Å². The summed E-state index contributed by atoms with van der Waals surface area (Å²) in [7, 11) is 1.97. The van der Waals surface area contributed by atoms with Gasteiger partial charge in [-0.05, 0) is 51.1 Å². The van der Waals surface area contributed by atoms with Crippen LogP contribution in [0.4, 0.5) is 0 Å². The molecule has 21 heavy (non-hydrogen) atoms. The molecule has 2 aromatic heterocycles. The van der Waals surface area contributed by atoms with Crippen LogP contribution in [0.2, 0.25) is 0 Å². The Bertz CT molecular complexity index is 789. The van der Waals surface area contributed by atoms with Crippen LogP contribution in [0.5, 0.6) is 0 Å². The number of rotatable bonds is 3. The van der Waals surface area contributed by atoms with Crippen molar-refractivity contribution in [2.24, 2.45) is 0 Å². The molecule has 0 bridgehead atoms. The molecular formula is C18H20N2O. The lowest BCUT2D eigenvalue weighted by Gasteiger charge is -2.17. The number of benzene rings is 1. The number of pyridine rings is 1. The monoisotopic (exact) mass is 280 g/mol. The van der Waals surface area contributed by atoms with Crippen molar-refractivity contribution in [3.63, 3.8) is 0 Å². The first-order valence-electron chi connectivity index (χ1n) is 7.20. The van der Waals surface area contributed by atoms with Crippen LogP contribution in [0, 0.1) is 20.8 Å². The van der Waals surface area contributed by atoms with Gasteiger partial charge >= 0.3 is 0 Å². The lowest BCUT2D eigenvalue weighted by atomic mass is 9.96. The maximum Gasteiger partial charge on any atom is 0.106 e. The van der Waals surface area contributed by atoms with E-state index in [-0.39, 0.29) is 6.04 Å². The number of hydrogen-bond donors (Lipinski definition) is 1. The smallest absolute Gasteiger partial charge is 0.106 e. The fraction of sp³-hybridized carbons (Fsp3) is 0.278. The molecule has 0 spiro atoms. The standard InChI is InChI=1S/C18H20N2O/c1-11-12(2)21-13(3)17(11)18(19-4)15-9-14-7-5-6-8-16(14)20-10-15/h5-10,18-19H,1-4H3. The second-order valence-corrected chi connectivity index (χ2v) is 5.44. The van der Waals surface area contributed by atoms with Gasteiger partial charge in [0.25, 0.3) is 0 Å². The molecule has 0 radical (unpaired) electrons. The molecule has 0 aliphatic heterocycles. The Labute approximate surface area is 125 Å². The lowest BCUT2D eigenvalue weighted by molar-refractivity contribution is 0.495. The summed E-state index contributed by atoms with van der Waals surface area (Å²) in [6.07, 6.45) is 1.95. The summed E-state index contributed by atoms with van der Waals surface area (Å²) >= 11 is 0. The Hall–Kier alpha value is -2.13. The first kappa shape index (κ1) is 13.8. The topological polar surface area (TPSA) is 38.1 Å². The summed E-state index contributed by atoms with van der Waals surface area (Å²) in [5, 5.41) is 4.55. The molecule has 1 aromatic carbocycles. The van der Waals surface area contributed by atoms with Gasteiger partial charge in [-0.1, -0.05) is 18.2 Å². The Balaban J connectivity index is 2.13. The second kappa shape index (κ2) is 5.34. The van der Waals surface area contributed by atoms with E-state index in [2.05, 4.69) is 29.4 Å². The average molecular weight is 280 g/mol. The number of fused-ring (bicyclic) bond motifs is 1. The number of furan rings is 1. The first-order valence-corrected chi connectivity index (χ1v) is 7.20. The van der Waals surface area contributed by atoms with Crippen LogP contribution in [-0.4, -0.2) is 12.0 Å². The van der Waals surface area contributed by atoms with Gasteiger partial charge in [-0.3, -0.25) is 4.98 Å². The highest BCUT2D eigenvalue weighted by Gasteiger charge is 2.21. The number of aromatic nitrogens is 1. The number of nitrogens with zero attached hydrogens (tertiary/aromatic N) is 1. The van der Waals surface area contributed by atoms with Gasteiger partial charge in [-0.15, -0.1) is 0 Å². The van der Waals surface area contributed by atoms with Crippen molar-refractivity contribution in [1.29, 1.82) is 0 Å². The highest BCUT2D eigenvalue weighted by Crippen LogP contribution is 2.31. The highest BCUT2D eigenvalue weighted by atomic mass is 16.3. The van der Waals surface area contributed by atoms with Gasteiger partial charge in [0.2, 0.25) is 0 Å². The van der Waals surface area contributed by atoms with Gasteiger partial charge in [-0.2, -0.15) is 0 Å². The molecule has 0 amide bonds. The first-order chi connectivity index (χ1) is 10.1. The van der Waals surface area contributed by atoms with Crippen molar-refractivity contribution in [1.82, 2.24) is 10.3 Å². The van der Waals surface area contributed by atoms with Gasteiger partial charge in [-0.25, -0.2) is 0 Å². The van der Waals surface area contributed by atoms with Crippen LogP contribution in [0.15, 0.2) is 40.9 Å². The molecule has 1 N–H and O–H groups in total. The van der Waals surface area contributed by atoms with Crippen LogP contribution >= 0.6 is 0 Å². The van der Waals surface area contributed by atoms with Crippen LogP contribution < -0.4 is 5.32 Å². The lowest BCUT2D eigenvalue weighted by Crippen LogP contribution is -2.19. The van der Waals surface area contributed by atoms with E-state index in [4.69, 9.17) is 4.42 Å². The molecule has 1 atom stereocenters. The zero-order chi connectivity index (χ0) is 15.0. The molecule has 0 fully saturated rings. The van der Waals surface area contributed by atoms with E-state index in [1.807, 2.05) is 45.3 Å². The molecule has 0 aliphatic carbocycles. The molecule has 2 heterocycles. The minimum absolute atomic E-state index is 0.0968. The van der Waals surface area contributed by atoms with Crippen molar-refractivity contribution in [2.45, 2.75) is 26.8 Å². The molecule has 3 nitrogen and oxygen atoms in total. The third-order valence-electron chi connectivity index (χ3n) is 4.14. The van der Waals surface area contributed by atoms with Crippen LogP contribution in [0.1, 0.15) is 34.3 Å². The molecule has 1 unspecified atom stereocenters. The molecule has 3 rings (SSSR count). The maximum absolute atomic E-state index is 5.78. The SMILES string of the molecule is CNC(c1cnc2ccccc2c1)c1c(C)oc(C)c1C. The van der Waals surface area contributed by atoms with E-state index in [9.17, 15) is 0 Å². The normalized spacial score (nSPS) is 12.8. The van der Waals surface area contributed by atoms with Crippen LogP contribution in [0.3, 0.4) is 0 Å². The van der Waals surface area contributed by atoms with Crippen molar-refractivity contribution in [3.05, 3.63) is 64.7 Å². The van der Waals surface area contributed by atoms with E-state index in [1.54, 1.807) is 0 Å². The number of hydrogen-bond acceptors (Lipinski definition) is 3. The summed E-state index contributed by atoms with van der Waals surface area (Å²) in [6, 6.07) is 10.5. The zero-order valence-corrected chi connectivity index (χ0v) is 12.9. The Kier molecular flexibility index (Phi) is 3.52. The predicted molar refractivity (Wildman–Crippen MR) is 85.6 cm³/mol. The average Bonchev–Trinajstić information content (AvgIpc) is 2.74. The van der Waals surface area contributed by atoms with Crippen LogP contribution in [0.25, 0.3) is 10.9 Å². The zero-order valence-electron chi connectivity index (χ0n) is 12.9. The van der Waals surface area contributed by atoms with Crippen molar-refractivity contribution in [2.75, 3.05) is 7.05 Å². The summed E-state index contributed by atoms with van der Waals surface area (Å²) in [5.74, 6) is 1.95. The summed E-state index contributed by atoms with van der Waals surface area (Å²) in [5.41, 5.74) is 4.60. The van der Waals surface area contributed by atoms with E-state index < -0.39 is 0 Å². The Morgan fingerprint density at radius 2 is 1.86 bits per heavy atom. The number of aryl methyl sites for hydroxylation is 2. The molecule has 108 valence electrons. The fourth-order valence-electron chi connectivity index (χ4n) is 2.96. The third kappa shape index (κ3) is 2.34. The minimum Gasteiger partial charge on any atom is -0.466 e. The number of para-hydroxylation sites is 1. The Morgan fingerprint density at radius 1 is 1.10 bits per heavy atom. The van der Waals surface area contributed by atoms with E-state index in [0.29, 0.717) is 0 Å². The largest absolute Gasteiger partial charge is 0.466 e. The van der Waals surface area contributed by atoms with Gasteiger partial charge in [0.1, 0.15) is 11.5 Å². The third-order valence-corrected chi connectivity index (χ3v) is 4.14. The van der Waals surface area contributed by atoms with Gasteiger partial charge in [0.15, 0.2) is 0 Å². The van der Waals surface area contributed by atoms with Crippen molar-refractivity contribution in [3.8, 4) is 0 Å². The minimum atomic E-state index is 0.0968. The molecule has 3 aromatic rings. The summed E-state index contributed by atoms with van der Waals surface area (Å²) < 4.78 is 5.78. The van der Waals surface area contributed by atoms with Gasteiger partial charge in [0, 0.05) is 17.1 Å². The van der Waals surface area contributed by atoms with Crippen molar-refractivity contribution >= 4 is 10.9 Å². The number of nitrogens with one attached hydrogen (secondary N) is 1. The predicted octanol–water partition coefficient (Wildman–Crippen LogP) is 4.06. The van der Waals surface area contributed by atoms with Gasteiger partial charge < -0.3 is 9.73 Å². The summed E-state index contributed by atoms with van der Waals surface area (Å²) in [4.78, 5) is 4.57. The fourth-order valence-corrected chi connectivity index (χ4v) is 2.96. The Morgan fingerprint density at radius 3 is 2.52 bits per heavy atom. The highest BCUT2D eigenvalue weighted by molar-refractivity contribution is 5.79. The summed E-state index contributed by atoms with van der Waals surface area (Å²) in [6.45, 7) is 6.14. The molecule has 0 saturated carbocycles. The van der Waals surface area contributed by atoms with E-state index in [1.165, 1.54) is 11.1 Å². The van der Waals surface area contributed by atoms with Crippen molar-refractivity contribution < 1.29 is 4.42 Å². The van der Waals surface area contributed by atoms with Crippen LogP contribution in [-0.2, 0) is 0 Å².